The normalized spacial score (nSPS) is 11.8. The monoisotopic (exact) mass is 534 g/mol. The maximum absolute atomic E-state index is 2.44. The zero-order valence-corrected chi connectivity index (χ0v) is 22.9. The summed E-state index contributed by atoms with van der Waals surface area (Å²) >= 11 is 0. The molecule has 7 aromatic carbocycles. The first-order chi connectivity index (χ1) is 20.8. The van der Waals surface area contributed by atoms with Gasteiger partial charge in [-0.2, -0.15) is 0 Å². The Labute approximate surface area is 243 Å². The fraction of sp³-hybridized carbons (Fsp3) is 0. The average molecular weight is 535 g/mol. The predicted octanol–water partition coefficient (Wildman–Crippen LogP) is 10.7. The van der Waals surface area contributed by atoms with Crippen LogP contribution in [0.1, 0.15) is 0 Å². The van der Waals surface area contributed by atoms with Gasteiger partial charge in [0.2, 0.25) is 0 Å². The lowest BCUT2D eigenvalue weighted by Crippen LogP contribution is -1.96. The van der Waals surface area contributed by atoms with E-state index in [0.717, 1.165) is 5.69 Å². The standard InChI is InChI=1S/C40H26N2/c1-3-11-27(12-4-1)28-19-22-31(23-20-28)42-37-24-21-29-13-7-8-16-32(29)40(37)35-25-34-33-17-9-10-18-36(33)41(38(34)26-39(35)42)30-14-5-2-6-15-30/h1-26H. The van der Waals surface area contributed by atoms with Crippen LogP contribution in [0.25, 0.3) is 76.9 Å². The molecule has 0 amide bonds. The Morgan fingerprint density at radius 3 is 1.71 bits per heavy atom. The van der Waals surface area contributed by atoms with Crippen LogP contribution in [0, 0.1) is 0 Å². The molecule has 0 saturated carbocycles. The van der Waals surface area contributed by atoms with Crippen molar-refractivity contribution in [1.82, 2.24) is 9.13 Å². The van der Waals surface area contributed by atoms with E-state index in [-0.39, 0.29) is 0 Å². The summed E-state index contributed by atoms with van der Waals surface area (Å²) in [6, 6.07) is 57.2. The molecule has 9 rings (SSSR count). The summed E-state index contributed by atoms with van der Waals surface area (Å²) in [6.07, 6.45) is 0. The van der Waals surface area contributed by atoms with Gasteiger partial charge in [0.25, 0.3) is 0 Å². The van der Waals surface area contributed by atoms with Gasteiger partial charge >= 0.3 is 0 Å². The molecule has 2 nitrogen and oxygen atoms in total. The molecule has 42 heavy (non-hydrogen) atoms. The second kappa shape index (κ2) is 8.95. The van der Waals surface area contributed by atoms with E-state index in [9.17, 15) is 0 Å². The van der Waals surface area contributed by atoms with Gasteiger partial charge in [-0.1, -0.05) is 109 Å². The second-order valence-corrected chi connectivity index (χ2v) is 11.0. The SMILES string of the molecule is c1ccc(-c2ccc(-n3c4cc5c(cc4c4c6ccccc6ccc43)c3ccccc3n5-c3ccccc3)cc2)cc1. The van der Waals surface area contributed by atoms with Crippen LogP contribution >= 0.6 is 0 Å². The van der Waals surface area contributed by atoms with Gasteiger partial charge in [-0.3, -0.25) is 0 Å². The Morgan fingerprint density at radius 2 is 0.905 bits per heavy atom. The number of hydrogen-bond donors (Lipinski definition) is 0. The number of para-hydroxylation sites is 2. The summed E-state index contributed by atoms with van der Waals surface area (Å²) in [5.74, 6) is 0. The van der Waals surface area contributed by atoms with Crippen LogP contribution in [-0.4, -0.2) is 9.13 Å². The molecule has 0 aliphatic heterocycles. The molecule has 0 spiro atoms. The van der Waals surface area contributed by atoms with Crippen molar-refractivity contribution in [2.45, 2.75) is 0 Å². The zero-order chi connectivity index (χ0) is 27.6. The first-order valence-corrected chi connectivity index (χ1v) is 14.5. The van der Waals surface area contributed by atoms with E-state index in [0.29, 0.717) is 0 Å². The van der Waals surface area contributed by atoms with Crippen molar-refractivity contribution in [2.24, 2.45) is 0 Å². The minimum atomic E-state index is 1.16. The van der Waals surface area contributed by atoms with Crippen LogP contribution < -0.4 is 0 Å². The maximum Gasteiger partial charge on any atom is 0.0562 e. The van der Waals surface area contributed by atoms with Crippen molar-refractivity contribution in [2.75, 3.05) is 0 Å². The number of hydrogen-bond acceptors (Lipinski definition) is 0. The maximum atomic E-state index is 2.44. The lowest BCUT2D eigenvalue weighted by Gasteiger charge is -2.11. The smallest absolute Gasteiger partial charge is 0.0562 e. The highest BCUT2D eigenvalue weighted by Gasteiger charge is 2.19. The van der Waals surface area contributed by atoms with Crippen molar-refractivity contribution >= 4 is 54.4 Å². The summed E-state index contributed by atoms with van der Waals surface area (Å²) in [4.78, 5) is 0. The predicted molar refractivity (Wildman–Crippen MR) is 178 cm³/mol. The van der Waals surface area contributed by atoms with Crippen molar-refractivity contribution in [3.8, 4) is 22.5 Å². The highest BCUT2D eigenvalue weighted by atomic mass is 15.0. The molecular weight excluding hydrogens is 508 g/mol. The Hall–Kier alpha value is -5.60. The van der Waals surface area contributed by atoms with Crippen molar-refractivity contribution < 1.29 is 0 Å². The molecule has 196 valence electrons. The lowest BCUT2D eigenvalue weighted by atomic mass is 10.0. The van der Waals surface area contributed by atoms with Crippen LogP contribution in [0.4, 0.5) is 0 Å². The van der Waals surface area contributed by atoms with E-state index >= 15 is 0 Å². The van der Waals surface area contributed by atoms with Crippen LogP contribution in [0.2, 0.25) is 0 Å². The summed E-state index contributed by atoms with van der Waals surface area (Å²) < 4.78 is 4.85. The number of fused-ring (bicyclic) bond motifs is 8. The fourth-order valence-corrected chi connectivity index (χ4v) is 6.82. The van der Waals surface area contributed by atoms with Gasteiger partial charge in [0.1, 0.15) is 0 Å². The fourth-order valence-electron chi connectivity index (χ4n) is 6.82. The summed E-state index contributed by atoms with van der Waals surface area (Å²) in [7, 11) is 0. The molecule has 0 saturated heterocycles. The molecule has 0 atom stereocenters. The third-order valence-corrected chi connectivity index (χ3v) is 8.70. The van der Waals surface area contributed by atoms with Crippen molar-refractivity contribution in [1.29, 1.82) is 0 Å². The number of benzene rings is 7. The van der Waals surface area contributed by atoms with E-state index in [1.54, 1.807) is 0 Å². The highest BCUT2D eigenvalue weighted by molar-refractivity contribution is 6.25. The largest absolute Gasteiger partial charge is 0.309 e. The van der Waals surface area contributed by atoms with Gasteiger partial charge in [0.05, 0.1) is 22.1 Å². The molecular formula is C40H26N2. The molecule has 2 aromatic heterocycles. The average Bonchev–Trinajstić information content (AvgIpc) is 3.57. The molecule has 0 aliphatic rings. The number of nitrogens with zero attached hydrogens (tertiary/aromatic N) is 2. The summed E-state index contributed by atoms with van der Waals surface area (Å²) in [5, 5.41) is 7.66. The van der Waals surface area contributed by atoms with Crippen molar-refractivity contribution in [3.63, 3.8) is 0 Å². The highest BCUT2D eigenvalue weighted by Crippen LogP contribution is 2.42. The van der Waals surface area contributed by atoms with Gasteiger partial charge in [-0.25, -0.2) is 0 Å². The minimum Gasteiger partial charge on any atom is -0.309 e. The molecule has 0 radical (unpaired) electrons. The van der Waals surface area contributed by atoms with Crippen LogP contribution in [0.3, 0.4) is 0 Å². The van der Waals surface area contributed by atoms with Crippen LogP contribution in [-0.2, 0) is 0 Å². The van der Waals surface area contributed by atoms with E-state index in [4.69, 9.17) is 0 Å². The van der Waals surface area contributed by atoms with Crippen molar-refractivity contribution in [3.05, 3.63) is 158 Å². The van der Waals surface area contributed by atoms with Gasteiger partial charge in [-0.05, 0) is 70.4 Å². The molecule has 0 aliphatic carbocycles. The molecule has 0 N–H and O–H groups in total. The quantitative estimate of drug-likeness (QED) is 0.213. The van der Waals surface area contributed by atoms with Gasteiger partial charge in [-0.15, -0.1) is 0 Å². The van der Waals surface area contributed by atoms with E-state index in [1.165, 1.54) is 71.2 Å². The zero-order valence-electron chi connectivity index (χ0n) is 22.9. The Morgan fingerprint density at radius 1 is 0.310 bits per heavy atom. The lowest BCUT2D eigenvalue weighted by molar-refractivity contribution is 1.16. The summed E-state index contributed by atoms with van der Waals surface area (Å²) in [6.45, 7) is 0. The molecule has 0 fully saturated rings. The molecule has 9 aromatic rings. The molecule has 0 unspecified atom stereocenters. The van der Waals surface area contributed by atoms with E-state index in [2.05, 4.69) is 167 Å². The van der Waals surface area contributed by atoms with Crippen LogP contribution in [0.5, 0.6) is 0 Å². The molecule has 0 bridgehead atoms. The minimum absolute atomic E-state index is 1.16. The second-order valence-electron chi connectivity index (χ2n) is 11.0. The van der Waals surface area contributed by atoms with E-state index < -0.39 is 0 Å². The topological polar surface area (TPSA) is 9.86 Å². The Kier molecular flexibility index (Phi) is 4.93. The third kappa shape index (κ3) is 3.33. The van der Waals surface area contributed by atoms with Gasteiger partial charge in [0.15, 0.2) is 0 Å². The van der Waals surface area contributed by atoms with E-state index in [1.807, 2.05) is 0 Å². The number of aromatic nitrogens is 2. The first-order valence-electron chi connectivity index (χ1n) is 14.5. The first kappa shape index (κ1) is 23.1. The molecule has 2 heterocycles. The third-order valence-electron chi connectivity index (χ3n) is 8.70. The summed E-state index contributed by atoms with van der Waals surface area (Å²) in [5.41, 5.74) is 9.64. The Balaban J connectivity index is 1.42. The number of rotatable bonds is 3. The Bertz CT molecular complexity index is 2430. The van der Waals surface area contributed by atoms with Crippen LogP contribution in [0.15, 0.2) is 158 Å². The molecule has 2 heteroatoms. The van der Waals surface area contributed by atoms with Gasteiger partial charge < -0.3 is 9.13 Å². The van der Waals surface area contributed by atoms with Gasteiger partial charge in [0, 0.05) is 32.9 Å².